The number of hydrogen-bond donors (Lipinski definition) is 2. The van der Waals surface area contributed by atoms with Gasteiger partial charge in [-0.25, -0.2) is 18.6 Å². The summed E-state index contributed by atoms with van der Waals surface area (Å²) in [4.78, 5) is 26.1. The standard InChI is InChI=1S/C13H8F2N2O3/c14-8-4-1-3-7(11(8)15)12(18)17-10-6-2-5-9(16-10)13(19)20/h1-6H,(H,19,20)(H,16,17,18). The molecule has 2 rings (SSSR count). The molecule has 0 bridgehead atoms. The van der Waals surface area contributed by atoms with Gasteiger partial charge in [-0.05, 0) is 24.3 Å². The number of amides is 1. The van der Waals surface area contributed by atoms with Crippen molar-refractivity contribution in [2.45, 2.75) is 0 Å². The van der Waals surface area contributed by atoms with Crippen molar-refractivity contribution in [2.24, 2.45) is 0 Å². The SMILES string of the molecule is O=C(O)c1cccc(NC(=O)c2cccc(F)c2F)n1. The molecule has 1 aromatic carbocycles. The first-order valence-corrected chi connectivity index (χ1v) is 5.45. The highest BCUT2D eigenvalue weighted by molar-refractivity contribution is 6.04. The topological polar surface area (TPSA) is 79.3 Å². The fraction of sp³-hybridized carbons (Fsp3) is 0. The van der Waals surface area contributed by atoms with Gasteiger partial charge in [0.2, 0.25) is 0 Å². The third-order valence-electron chi connectivity index (χ3n) is 2.41. The molecule has 0 saturated carbocycles. The van der Waals surface area contributed by atoms with Crippen LogP contribution in [0.1, 0.15) is 20.8 Å². The van der Waals surface area contributed by atoms with Crippen LogP contribution in [0.3, 0.4) is 0 Å². The molecule has 0 fully saturated rings. The van der Waals surface area contributed by atoms with Crippen LogP contribution >= 0.6 is 0 Å². The van der Waals surface area contributed by atoms with Crippen molar-refractivity contribution < 1.29 is 23.5 Å². The zero-order chi connectivity index (χ0) is 14.7. The molecule has 0 radical (unpaired) electrons. The molecule has 2 N–H and O–H groups in total. The molecule has 0 aliphatic carbocycles. The molecule has 2 aromatic rings. The summed E-state index contributed by atoms with van der Waals surface area (Å²) in [5, 5.41) is 11.0. The van der Waals surface area contributed by atoms with Gasteiger partial charge in [-0.3, -0.25) is 4.79 Å². The first-order chi connectivity index (χ1) is 9.49. The zero-order valence-corrected chi connectivity index (χ0v) is 9.93. The molecule has 0 aliphatic rings. The van der Waals surface area contributed by atoms with E-state index in [0.717, 1.165) is 12.1 Å². The smallest absolute Gasteiger partial charge is 0.354 e. The zero-order valence-electron chi connectivity index (χ0n) is 9.93. The van der Waals surface area contributed by atoms with Gasteiger partial charge >= 0.3 is 5.97 Å². The monoisotopic (exact) mass is 278 g/mol. The lowest BCUT2D eigenvalue weighted by Crippen LogP contribution is -2.16. The summed E-state index contributed by atoms with van der Waals surface area (Å²) in [7, 11) is 0. The number of carbonyl (C=O) groups excluding carboxylic acids is 1. The van der Waals surface area contributed by atoms with E-state index in [-0.39, 0.29) is 11.5 Å². The van der Waals surface area contributed by atoms with Gasteiger partial charge in [-0.2, -0.15) is 0 Å². The van der Waals surface area contributed by atoms with Crippen molar-refractivity contribution in [1.29, 1.82) is 0 Å². The lowest BCUT2D eigenvalue weighted by Gasteiger charge is -2.06. The van der Waals surface area contributed by atoms with Gasteiger partial charge in [-0.15, -0.1) is 0 Å². The Kier molecular flexibility index (Phi) is 3.69. The van der Waals surface area contributed by atoms with E-state index in [9.17, 15) is 18.4 Å². The first-order valence-electron chi connectivity index (χ1n) is 5.45. The second-order valence-corrected chi connectivity index (χ2v) is 3.77. The van der Waals surface area contributed by atoms with Gasteiger partial charge in [-0.1, -0.05) is 12.1 Å². The van der Waals surface area contributed by atoms with Crippen LogP contribution in [0.25, 0.3) is 0 Å². The summed E-state index contributed by atoms with van der Waals surface area (Å²) in [6.45, 7) is 0. The van der Waals surface area contributed by atoms with Gasteiger partial charge in [0.15, 0.2) is 17.3 Å². The summed E-state index contributed by atoms with van der Waals surface area (Å²) in [6, 6.07) is 7.12. The van der Waals surface area contributed by atoms with Gasteiger partial charge in [0, 0.05) is 0 Å². The van der Waals surface area contributed by atoms with Gasteiger partial charge in [0.05, 0.1) is 5.56 Å². The molecule has 102 valence electrons. The second kappa shape index (κ2) is 5.43. The van der Waals surface area contributed by atoms with Crippen molar-refractivity contribution in [3.63, 3.8) is 0 Å². The maximum atomic E-state index is 13.4. The number of carbonyl (C=O) groups is 2. The lowest BCUT2D eigenvalue weighted by atomic mass is 10.2. The molecular formula is C13H8F2N2O3. The van der Waals surface area contributed by atoms with Crippen LogP contribution in [0, 0.1) is 11.6 Å². The van der Waals surface area contributed by atoms with E-state index in [0.29, 0.717) is 0 Å². The number of anilines is 1. The van der Waals surface area contributed by atoms with E-state index in [1.807, 2.05) is 0 Å². The van der Waals surface area contributed by atoms with Crippen molar-refractivity contribution in [3.05, 3.63) is 59.3 Å². The molecule has 0 aliphatic heterocycles. The van der Waals surface area contributed by atoms with Crippen LogP contribution in [-0.2, 0) is 0 Å². The Hall–Kier alpha value is -2.83. The van der Waals surface area contributed by atoms with Crippen LogP contribution in [0.15, 0.2) is 36.4 Å². The number of nitrogens with zero attached hydrogens (tertiary/aromatic N) is 1. The van der Waals surface area contributed by atoms with E-state index in [4.69, 9.17) is 5.11 Å². The van der Waals surface area contributed by atoms with E-state index < -0.39 is 29.1 Å². The molecule has 1 amide bonds. The van der Waals surface area contributed by atoms with E-state index in [2.05, 4.69) is 10.3 Å². The summed E-state index contributed by atoms with van der Waals surface area (Å²) in [6.07, 6.45) is 0. The molecule has 0 spiro atoms. The Morgan fingerprint density at radius 3 is 2.50 bits per heavy atom. The molecule has 1 aromatic heterocycles. The van der Waals surface area contributed by atoms with Crippen LogP contribution in [-0.4, -0.2) is 22.0 Å². The number of aromatic carboxylic acids is 1. The Balaban J connectivity index is 2.26. The quantitative estimate of drug-likeness (QED) is 0.903. The number of hydrogen-bond acceptors (Lipinski definition) is 3. The molecule has 0 saturated heterocycles. The minimum Gasteiger partial charge on any atom is -0.477 e. The third-order valence-corrected chi connectivity index (χ3v) is 2.41. The highest BCUT2D eigenvalue weighted by Crippen LogP contribution is 2.13. The predicted octanol–water partition coefficient (Wildman–Crippen LogP) is 2.31. The Bertz CT molecular complexity index is 689. The van der Waals surface area contributed by atoms with Crippen molar-refractivity contribution in [2.75, 3.05) is 5.32 Å². The summed E-state index contributed by atoms with van der Waals surface area (Å²) >= 11 is 0. The Morgan fingerprint density at radius 1 is 1.10 bits per heavy atom. The summed E-state index contributed by atoms with van der Waals surface area (Å²) in [5.74, 6) is -4.68. The van der Waals surface area contributed by atoms with Crippen molar-refractivity contribution in [3.8, 4) is 0 Å². The minimum atomic E-state index is -1.28. The van der Waals surface area contributed by atoms with Crippen LogP contribution < -0.4 is 5.32 Å². The Labute approximate surface area is 111 Å². The van der Waals surface area contributed by atoms with Gasteiger partial charge in [0.1, 0.15) is 5.82 Å². The van der Waals surface area contributed by atoms with Gasteiger partial charge < -0.3 is 10.4 Å². The number of pyridine rings is 1. The van der Waals surface area contributed by atoms with Crippen LogP contribution in [0.5, 0.6) is 0 Å². The van der Waals surface area contributed by atoms with Gasteiger partial charge in [0.25, 0.3) is 5.91 Å². The maximum absolute atomic E-state index is 13.4. The molecule has 0 atom stereocenters. The number of nitrogens with one attached hydrogen (secondary N) is 1. The molecule has 0 unspecified atom stereocenters. The molecular weight excluding hydrogens is 270 g/mol. The fourth-order valence-electron chi connectivity index (χ4n) is 1.49. The van der Waals surface area contributed by atoms with Crippen LogP contribution in [0.2, 0.25) is 0 Å². The molecule has 20 heavy (non-hydrogen) atoms. The Morgan fingerprint density at radius 2 is 1.80 bits per heavy atom. The number of rotatable bonds is 3. The first kappa shape index (κ1) is 13.6. The fourth-order valence-corrected chi connectivity index (χ4v) is 1.49. The normalized spacial score (nSPS) is 10.1. The average molecular weight is 278 g/mol. The lowest BCUT2D eigenvalue weighted by molar-refractivity contribution is 0.0690. The summed E-state index contributed by atoms with van der Waals surface area (Å²) in [5.41, 5.74) is -0.768. The van der Waals surface area contributed by atoms with Crippen molar-refractivity contribution >= 4 is 17.7 Å². The third kappa shape index (κ3) is 2.77. The molecule has 5 nitrogen and oxygen atoms in total. The minimum absolute atomic E-state index is 0.0708. The number of carboxylic acids is 1. The van der Waals surface area contributed by atoms with E-state index >= 15 is 0 Å². The molecule has 7 heteroatoms. The molecule has 1 heterocycles. The van der Waals surface area contributed by atoms with E-state index in [1.165, 1.54) is 24.3 Å². The average Bonchev–Trinajstić information content (AvgIpc) is 2.42. The van der Waals surface area contributed by atoms with Crippen LogP contribution in [0.4, 0.5) is 14.6 Å². The van der Waals surface area contributed by atoms with E-state index in [1.54, 1.807) is 0 Å². The number of benzene rings is 1. The van der Waals surface area contributed by atoms with Crippen molar-refractivity contribution in [1.82, 2.24) is 4.98 Å². The second-order valence-electron chi connectivity index (χ2n) is 3.77. The maximum Gasteiger partial charge on any atom is 0.354 e. The number of halogens is 2. The number of carboxylic acid groups (broad SMARTS) is 1. The largest absolute Gasteiger partial charge is 0.477 e. The highest BCUT2D eigenvalue weighted by Gasteiger charge is 2.16. The number of aromatic nitrogens is 1. The predicted molar refractivity (Wildman–Crippen MR) is 65.5 cm³/mol. The highest BCUT2D eigenvalue weighted by atomic mass is 19.2. The summed E-state index contributed by atoms with van der Waals surface area (Å²) < 4.78 is 26.4.